The maximum Gasteiger partial charge on any atom is 0.0454 e. The minimum absolute atomic E-state index is 0.106. The first-order valence-corrected chi connectivity index (χ1v) is 7.47. The van der Waals surface area contributed by atoms with Gasteiger partial charge in [-0.1, -0.05) is 23.2 Å². The standard InChI is InChI=1S/C11H15Cl2NOS/c1-8(14-5-6-16(2)15)10-7-9(12)3-4-11(10)13/h3-4,7-8,14H,5-6H2,1-2H3. The molecule has 0 fully saturated rings. The van der Waals surface area contributed by atoms with Crippen LogP contribution in [0.3, 0.4) is 0 Å². The van der Waals surface area contributed by atoms with Gasteiger partial charge in [-0.3, -0.25) is 4.21 Å². The van der Waals surface area contributed by atoms with E-state index in [0.29, 0.717) is 22.3 Å². The van der Waals surface area contributed by atoms with Crippen LogP contribution in [0.5, 0.6) is 0 Å². The summed E-state index contributed by atoms with van der Waals surface area (Å²) < 4.78 is 10.9. The summed E-state index contributed by atoms with van der Waals surface area (Å²) in [6.45, 7) is 2.71. The number of halogens is 2. The number of benzene rings is 1. The molecule has 2 unspecified atom stereocenters. The van der Waals surface area contributed by atoms with Crippen molar-refractivity contribution in [1.82, 2.24) is 5.32 Å². The number of hydrogen-bond donors (Lipinski definition) is 1. The van der Waals surface area contributed by atoms with Gasteiger partial charge in [0.05, 0.1) is 0 Å². The third-order valence-corrected chi connectivity index (χ3v) is 3.62. The van der Waals surface area contributed by atoms with Gasteiger partial charge in [-0.05, 0) is 30.7 Å². The van der Waals surface area contributed by atoms with Crippen LogP contribution in [0.1, 0.15) is 18.5 Å². The van der Waals surface area contributed by atoms with Crippen LogP contribution in [0, 0.1) is 0 Å². The summed E-state index contributed by atoms with van der Waals surface area (Å²) >= 11 is 12.0. The fraction of sp³-hybridized carbons (Fsp3) is 0.455. The minimum Gasteiger partial charge on any atom is -0.309 e. The summed E-state index contributed by atoms with van der Waals surface area (Å²) in [5, 5.41) is 4.63. The molecule has 2 atom stereocenters. The highest BCUT2D eigenvalue weighted by Crippen LogP contribution is 2.25. The maximum absolute atomic E-state index is 10.9. The molecule has 1 aromatic rings. The number of nitrogens with one attached hydrogen (secondary N) is 1. The first-order chi connectivity index (χ1) is 7.50. The zero-order valence-electron chi connectivity index (χ0n) is 9.30. The van der Waals surface area contributed by atoms with Gasteiger partial charge in [-0.15, -0.1) is 0 Å². The van der Waals surface area contributed by atoms with Gasteiger partial charge in [-0.25, -0.2) is 0 Å². The van der Waals surface area contributed by atoms with Gasteiger partial charge in [0.15, 0.2) is 0 Å². The Morgan fingerprint density at radius 3 is 2.75 bits per heavy atom. The van der Waals surface area contributed by atoms with Crippen LogP contribution < -0.4 is 5.32 Å². The summed E-state index contributed by atoms with van der Waals surface area (Å²) in [5.74, 6) is 0.641. The maximum atomic E-state index is 10.9. The molecule has 1 N–H and O–H groups in total. The van der Waals surface area contributed by atoms with Crippen LogP contribution in [-0.4, -0.2) is 22.8 Å². The Kier molecular flexibility index (Phi) is 5.76. The average molecular weight is 280 g/mol. The van der Waals surface area contributed by atoms with Crippen LogP contribution in [0.15, 0.2) is 18.2 Å². The summed E-state index contributed by atoms with van der Waals surface area (Å²) in [6.07, 6.45) is 1.69. The lowest BCUT2D eigenvalue weighted by molar-refractivity contribution is 0.597. The summed E-state index contributed by atoms with van der Waals surface area (Å²) in [7, 11) is -0.770. The van der Waals surface area contributed by atoms with Crippen molar-refractivity contribution in [3.8, 4) is 0 Å². The molecular formula is C11H15Cl2NOS. The largest absolute Gasteiger partial charge is 0.309 e. The predicted octanol–water partition coefficient (Wildman–Crippen LogP) is 3.02. The van der Waals surface area contributed by atoms with Gasteiger partial charge in [-0.2, -0.15) is 0 Å². The van der Waals surface area contributed by atoms with E-state index in [4.69, 9.17) is 23.2 Å². The van der Waals surface area contributed by atoms with Crippen molar-refractivity contribution in [2.24, 2.45) is 0 Å². The highest BCUT2D eigenvalue weighted by Gasteiger charge is 2.09. The Balaban J connectivity index is 2.61. The summed E-state index contributed by atoms with van der Waals surface area (Å²) in [5.41, 5.74) is 0.969. The van der Waals surface area contributed by atoms with Crippen LogP contribution in [-0.2, 0) is 10.8 Å². The lowest BCUT2D eigenvalue weighted by Gasteiger charge is -2.15. The van der Waals surface area contributed by atoms with Gasteiger partial charge in [0.1, 0.15) is 0 Å². The fourth-order valence-corrected chi connectivity index (χ4v) is 2.24. The zero-order chi connectivity index (χ0) is 12.1. The van der Waals surface area contributed by atoms with Gasteiger partial charge in [0, 0.05) is 45.4 Å². The molecule has 2 nitrogen and oxygen atoms in total. The minimum atomic E-state index is -0.770. The molecule has 0 spiro atoms. The van der Waals surface area contributed by atoms with Gasteiger partial charge in [0.2, 0.25) is 0 Å². The van der Waals surface area contributed by atoms with Gasteiger partial charge < -0.3 is 5.32 Å². The quantitative estimate of drug-likeness (QED) is 0.898. The molecule has 0 radical (unpaired) electrons. The molecule has 0 aliphatic carbocycles. The zero-order valence-corrected chi connectivity index (χ0v) is 11.6. The Labute approximate surface area is 109 Å². The fourth-order valence-electron chi connectivity index (χ4n) is 1.38. The van der Waals surface area contributed by atoms with E-state index >= 15 is 0 Å². The first-order valence-electron chi connectivity index (χ1n) is 4.99. The van der Waals surface area contributed by atoms with E-state index in [-0.39, 0.29) is 6.04 Å². The lowest BCUT2D eigenvalue weighted by atomic mass is 10.1. The normalized spacial score (nSPS) is 14.8. The first kappa shape index (κ1) is 14.0. The van der Waals surface area contributed by atoms with E-state index in [9.17, 15) is 4.21 Å². The second-order valence-corrected chi connectivity index (χ2v) is 6.02. The molecule has 1 aromatic carbocycles. The van der Waals surface area contributed by atoms with Crippen molar-refractivity contribution in [2.75, 3.05) is 18.6 Å². The molecule has 0 saturated heterocycles. The van der Waals surface area contributed by atoms with Crippen LogP contribution in [0.4, 0.5) is 0 Å². The molecule has 0 heterocycles. The topological polar surface area (TPSA) is 29.1 Å². The van der Waals surface area contributed by atoms with Crippen molar-refractivity contribution in [1.29, 1.82) is 0 Å². The van der Waals surface area contributed by atoms with E-state index < -0.39 is 10.8 Å². The van der Waals surface area contributed by atoms with E-state index in [0.717, 1.165) is 5.56 Å². The summed E-state index contributed by atoms with van der Waals surface area (Å²) in [4.78, 5) is 0. The molecule has 1 rings (SSSR count). The Morgan fingerprint density at radius 2 is 2.12 bits per heavy atom. The van der Waals surface area contributed by atoms with Crippen molar-refractivity contribution >= 4 is 34.0 Å². The van der Waals surface area contributed by atoms with Gasteiger partial charge >= 0.3 is 0 Å². The molecule has 0 aromatic heterocycles. The van der Waals surface area contributed by atoms with Crippen molar-refractivity contribution < 1.29 is 4.21 Å². The second-order valence-electron chi connectivity index (χ2n) is 3.62. The smallest absolute Gasteiger partial charge is 0.0454 e. The molecule has 90 valence electrons. The predicted molar refractivity (Wildman–Crippen MR) is 71.8 cm³/mol. The molecule has 16 heavy (non-hydrogen) atoms. The number of rotatable bonds is 5. The van der Waals surface area contributed by atoms with Crippen molar-refractivity contribution in [2.45, 2.75) is 13.0 Å². The Morgan fingerprint density at radius 1 is 1.44 bits per heavy atom. The molecule has 0 saturated carbocycles. The van der Waals surface area contributed by atoms with Crippen LogP contribution in [0.2, 0.25) is 10.0 Å². The van der Waals surface area contributed by atoms with E-state index in [1.807, 2.05) is 13.0 Å². The number of hydrogen-bond acceptors (Lipinski definition) is 2. The molecule has 0 aliphatic rings. The van der Waals surface area contributed by atoms with Crippen LogP contribution >= 0.6 is 23.2 Å². The monoisotopic (exact) mass is 279 g/mol. The molecule has 5 heteroatoms. The molecule has 0 aliphatic heterocycles. The SMILES string of the molecule is CC(NCCS(C)=O)c1cc(Cl)ccc1Cl. The Hall–Kier alpha value is -0.0900. The van der Waals surface area contributed by atoms with Crippen molar-refractivity contribution in [3.63, 3.8) is 0 Å². The highest BCUT2D eigenvalue weighted by molar-refractivity contribution is 7.84. The van der Waals surface area contributed by atoms with Crippen LogP contribution in [0.25, 0.3) is 0 Å². The third-order valence-electron chi connectivity index (χ3n) is 2.26. The lowest BCUT2D eigenvalue weighted by Crippen LogP contribution is -2.23. The van der Waals surface area contributed by atoms with E-state index in [1.165, 1.54) is 0 Å². The average Bonchev–Trinajstić information content (AvgIpc) is 2.21. The molecule has 0 amide bonds. The van der Waals surface area contributed by atoms with Gasteiger partial charge in [0.25, 0.3) is 0 Å². The highest BCUT2D eigenvalue weighted by atomic mass is 35.5. The van der Waals surface area contributed by atoms with Crippen molar-refractivity contribution in [3.05, 3.63) is 33.8 Å². The molecular weight excluding hydrogens is 265 g/mol. The summed E-state index contributed by atoms with van der Waals surface area (Å²) in [6, 6.07) is 5.51. The van der Waals surface area contributed by atoms with E-state index in [1.54, 1.807) is 18.4 Å². The Bertz CT molecular complexity index is 384. The third kappa shape index (κ3) is 4.42. The molecule has 0 bridgehead atoms. The second kappa shape index (κ2) is 6.60. The van der Waals surface area contributed by atoms with E-state index in [2.05, 4.69) is 5.32 Å².